The van der Waals surface area contributed by atoms with Crippen molar-refractivity contribution < 1.29 is 23.1 Å². The van der Waals surface area contributed by atoms with Crippen LogP contribution in [0.4, 0.5) is 0 Å². The van der Waals surface area contributed by atoms with Crippen LogP contribution in [-0.4, -0.2) is 37.5 Å². The van der Waals surface area contributed by atoms with Crippen LogP contribution in [0.5, 0.6) is 0 Å². The van der Waals surface area contributed by atoms with Crippen LogP contribution in [0.15, 0.2) is 33.6 Å². The molecule has 0 unspecified atom stereocenters. The normalized spacial score (nSPS) is 19.0. The molecule has 0 radical (unpaired) electrons. The first-order valence-electron chi connectivity index (χ1n) is 5.71. The highest BCUT2D eigenvalue weighted by Gasteiger charge is 2.52. The molecule has 0 amide bonds. The fourth-order valence-corrected chi connectivity index (χ4v) is 4.28. The van der Waals surface area contributed by atoms with Crippen molar-refractivity contribution in [1.82, 2.24) is 0 Å². The van der Waals surface area contributed by atoms with Gasteiger partial charge in [0.2, 0.25) is 0 Å². The van der Waals surface area contributed by atoms with Crippen molar-refractivity contribution in [2.45, 2.75) is 22.5 Å². The van der Waals surface area contributed by atoms with Gasteiger partial charge >= 0.3 is 5.97 Å². The summed E-state index contributed by atoms with van der Waals surface area (Å²) in [5.41, 5.74) is 0. The van der Waals surface area contributed by atoms with E-state index in [9.17, 15) is 18.3 Å². The molecule has 7 heteroatoms. The third kappa shape index (κ3) is 2.42. The molecule has 0 bridgehead atoms. The smallest absolute Gasteiger partial charge is 0.325 e. The lowest BCUT2D eigenvalue weighted by Gasteiger charge is -2.32. The summed E-state index contributed by atoms with van der Waals surface area (Å²) in [6, 6.07) is 6.00. The van der Waals surface area contributed by atoms with E-state index in [-0.39, 0.29) is 31.0 Å². The van der Waals surface area contributed by atoms with Crippen LogP contribution in [0.2, 0.25) is 0 Å². The second-order valence-electron chi connectivity index (χ2n) is 4.37. The zero-order valence-corrected chi connectivity index (χ0v) is 12.4. The van der Waals surface area contributed by atoms with Gasteiger partial charge in [-0.05, 0) is 24.3 Å². The Balaban J connectivity index is 2.51. The second kappa shape index (κ2) is 5.22. The summed E-state index contributed by atoms with van der Waals surface area (Å²) in [6.07, 6.45) is -0.0541. The van der Waals surface area contributed by atoms with Crippen LogP contribution in [-0.2, 0) is 19.4 Å². The second-order valence-corrected chi connectivity index (χ2v) is 7.54. The number of carboxylic acids is 1. The summed E-state index contributed by atoms with van der Waals surface area (Å²) in [7, 11) is -3.94. The average molecular weight is 349 g/mol. The number of benzene rings is 1. The minimum atomic E-state index is -3.94. The molecular formula is C12H13BrO5S. The summed E-state index contributed by atoms with van der Waals surface area (Å²) >= 11 is 3.22. The van der Waals surface area contributed by atoms with Crippen molar-refractivity contribution in [2.24, 2.45) is 0 Å². The largest absolute Gasteiger partial charge is 0.480 e. The molecule has 1 fully saturated rings. The van der Waals surface area contributed by atoms with Gasteiger partial charge in [0.1, 0.15) is 0 Å². The number of carbonyl (C=O) groups is 1. The average Bonchev–Trinajstić information content (AvgIpc) is 2.39. The highest BCUT2D eigenvalue weighted by atomic mass is 79.9. The molecule has 0 aliphatic carbocycles. The summed E-state index contributed by atoms with van der Waals surface area (Å²) in [4.78, 5) is 11.5. The zero-order valence-electron chi connectivity index (χ0n) is 10.0. The van der Waals surface area contributed by atoms with Gasteiger partial charge in [-0.2, -0.15) is 0 Å². The zero-order chi connectivity index (χ0) is 14.1. The highest BCUT2D eigenvalue weighted by molar-refractivity contribution is 9.10. The molecule has 19 heavy (non-hydrogen) atoms. The van der Waals surface area contributed by atoms with Gasteiger partial charge in [-0.1, -0.05) is 15.9 Å². The molecular weight excluding hydrogens is 336 g/mol. The van der Waals surface area contributed by atoms with Crippen LogP contribution >= 0.6 is 15.9 Å². The molecule has 0 aromatic heterocycles. The van der Waals surface area contributed by atoms with Gasteiger partial charge in [0.05, 0.1) is 4.90 Å². The number of aliphatic carboxylic acids is 1. The molecule has 2 rings (SSSR count). The lowest BCUT2D eigenvalue weighted by atomic mass is 9.99. The lowest BCUT2D eigenvalue weighted by Crippen LogP contribution is -2.50. The minimum Gasteiger partial charge on any atom is -0.480 e. The van der Waals surface area contributed by atoms with Crippen LogP contribution in [0.3, 0.4) is 0 Å². The Morgan fingerprint density at radius 2 is 1.74 bits per heavy atom. The number of halogens is 1. The van der Waals surface area contributed by atoms with E-state index < -0.39 is 20.6 Å². The predicted molar refractivity (Wildman–Crippen MR) is 71.7 cm³/mol. The topological polar surface area (TPSA) is 80.7 Å². The molecule has 1 heterocycles. The molecule has 1 saturated heterocycles. The standard InChI is InChI=1S/C12H13BrO5S/c13-9-1-3-10(4-2-9)19(16,17)12(11(14)15)5-7-18-8-6-12/h1-4H,5-8H2,(H,14,15). The van der Waals surface area contributed by atoms with E-state index in [1.165, 1.54) is 12.1 Å². The Hall–Kier alpha value is -0.920. The Morgan fingerprint density at radius 1 is 1.21 bits per heavy atom. The molecule has 1 aromatic carbocycles. The monoisotopic (exact) mass is 348 g/mol. The number of hydrogen-bond acceptors (Lipinski definition) is 4. The fraction of sp³-hybridized carbons (Fsp3) is 0.417. The lowest BCUT2D eigenvalue weighted by molar-refractivity contribution is -0.142. The number of rotatable bonds is 3. The fourth-order valence-electron chi connectivity index (χ4n) is 2.14. The molecule has 0 spiro atoms. The van der Waals surface area contributed by atoms with Gasteiger partial charge in [-0.3, -0.25) is 4.79 Å². The van der Waals surface area contributed by atoms with Gasteiger partial charge in [0.25, 0.3) is 0 Å². The molecule has 0 saturated carbocycles. The van der Waals surface area contributed by atoms with Crippen molar-refractivity contribution in [3.8, 4) is 0 Å². The van der Waals surface area contributed by atoms with Crippen molar-refractivity contribution >= 4 is 31.7 Å². The Bertz CT molecular complexity index is 573. The van der Waals surface area contributed by atoms with Gasteiger partial charge < -0.3 is 9.84 Å². The van der Waals surface area contributed by atoms with Crippen LogP contribution in [0.1, 0.15) is 12.8 Å². The molecule has 1 aliphatic heterocycles. The molecule has 0 atom stereocenters. The SMILES string of the molecule is O=C(O)C1(S(=O)(=O)c2ccc(Br)cc2)CCOCC1. The Kier molecular flexibility index (Phi) is 3.98. The number of ether oxygens (including phenoxy) is 1. The van der Waals surface area contributed by atoms with Crippen molar-refractivity contribution in [2.75, 3.05) is 13.2 Å². The van der Waals surface area contributed by atoms with E-state index in [1.54, 1.807) is 12.1 Å². The van der Waals surface area contributed by atoms with Gasteiger partial charge in [0.15, 0.2) is 14.6 Å². The van der Waals surface area contributed by atoms with Crippen molar-refractivity contribution in [3.63, 3.8) is 0 Å². The molecule has 104 valence electrons. The predicted octanol–water partition coefficient (Wildman–Crippen LogP) is 1.86. The maximum Gasteiger partial charge on any atom is 0.325 e. The number of carboxylic acid groups (broad SMARTS) is 1. The molecule has 1 aromatic rings. The molecule has 1 N–H and O–H groups in total. The van der Waals surface area contributed by atoms with Gasteiger partial charge in [-0.15, -0.1) is 0 Å². The Morgan fingerprint density at radius 3 is 2.21 bits per heavy atom. The van der Waals surface area contributed by atoms with E-state index in [1.807, 2.05) is 0 Å². The third-order valence-electron chi connectivity index (χ3n) is 3.33. The van der Waals surface area contributed by atoms with Crippen LogP contribution in [0, 0.1) is 0 Å². The number of hydrogen-bond donors (Lipinski definition) is 1. The van der Waals surface area contributed by atoms with Gasteiger partial charge in [-0.25, -0.2) is 8.42 Å². The van der Waals surface area contributed by atoms with E-state index >= 15 is 0 Å². The summed E-state index contributed by atoms with van der Waals surface area (Å²) in [6.45, 7) is 0.282. The third-order valence-corrected chi connectivity index (χ3v) is 6.36. The van der Waals surface area contributed by atoms with Crippen LogP contribution in [0.25, 0.3) is 0 Å². The molecule has 5 nitrogen and oxygen atoms in total. The number of sulfone groups is 1. The quantitative estimate of drug-likeness (QED) is 0.901. The first-order chi connectivity index (χ1) is 8.90. The summed E-state index contributed by atoms with van der Waals surface area (Å²) < 4.78 is 29.3. The summed E-state index contributed by atoms with van der Waals surface area (Å²) in [5, 5.41) is 9.40. The van der Waals surface area contributed by atoms with Crippen LogP contribution < -0.4 is 0 Å². The highest BCUT2D eigenvalue weighted by Crippen LogP contribution is 2.35. The first-order valence-corrected chi connectivity index (χ1v) is 7.99. The van der Waals surface area contributed by atoms with E-state index in [2.05, 4.69) is 15.9 Å². The van der Waals surface area contributed by atoms with Gasteiger partial charge in [0, 0.05) is 30.5 Å². The van der Waals surface area contributed by atoms with E-state index in [0.29, 0.717) is 0 Å². The van der Waals surface area contributed by atoms with Crippen molar-refractivity contribution in [3.05, 3.63) is 28.7 Å². The van der Waals surface area contributed by atoms with E-state index in [0.717, 1.165) is 4.47 Å². The maximum atomic E-state index is 12.6. The summed E-state index contributed by atoms with van der Waals surface area (Å²) in [5.74, 6) is -1.31. The maximum absolute atomic E-state index is 12.6. The minimum absolute atomic E-state index is 0.0271. The first kappa shape index (κ1) is 14.5. The Labute approximate surface area is 119 Å². The van der Waals surface area contributed by atoms with Crippen molar-refractivity contribution in [1.29, 1.82) is 0 Å². The van der Waals surface area contributed by atoms with E-state index in [4.69, 9.17) is 4.74 Å². The molecule has 1 aliphatic rings.